The highest BCUT2D eigenvalue weighted by Crippen LogP contribution is 2.23. The zero-order valence-corrected chi connectivity index (χ0v) is 8.44. The largest absolute Gasteiger partial charge is 0.325 e. The number of piperidine rings is 1. The number of rotatable bonds is 2. The maximum Gasteiger partial charge on any atom is 0.107 e. The summed E-state index contributed by atoms with van der Waals surface area (Å²) in [6, 6.07) is 0.477. The second kappa shape index (κ2) is 4.17. The number of nitrogens with one attached hydrogen (secondary N) is 1. The van der Waals surface area contributed by atoms with E-state index in [4.69, 9.17) is 5.73 Å². The van der Waals surface area contributed by atoms with Crippen molar-refractivity contribution < 1.29 is 0 Å². The molecule has 1 atom stereocenters. The predicted octanol–water partition coefficient (Wildman–Crippen LogP) is 1.42. The third-order valence-corrected chi connectivity index (χ3v) is 3.30. The lowest BCUT2D eigenvalue weighted by atomic mass is 10.0. The van der Waals surface area contributed by atoms with E-state index in [1.807, 2.05) is 0 Å². The molecule has 0 aromatic carbocycles. The average Bonchev–Trinajstić information content (AvgIpc) is 2.67. The molecule has 2 heterocycles. The maximum absolute atomic E-state index is 5.52. The summed E-state index contributed by atoms with van der Waals surface area (Å²) in [5.41, 5.74) is 6.71. The Bertz CT molecular complexity index is 266. The van der Waals surface area contributed by atoms with Gasteiger partial charge in [-0.3, -0.25) is 0 Å². The molecule has 1 aliphatic heterocycles. The molecule has 4 heteroatoms. The lowest BCUT2D eigenvalue weighted by molar-refractivity contribution is 0.406. The van der Waals surface area contributed by atoms with Crippen molar-refractivity contribution in [2.24, 2.45) is 5.73 Å². The standard InChI is InChI=1S/C9H15N3S/c10-5-9-12-8(6-13-9)7-3-1-2-4-11-7/h6-7,11H,1-5,10H2. The van der Waals surface area contributed by atoms with Gasteiger partial charge in [0, 0.05) is 11.9 Å². The van der Waals surface area contributed by atoms with Crippen molar-refractivity contribution in [3.63, 3.8) is 0 Å². The Kier molecular flexibility index (Phi) is 2.93. The van der Waals surface area contributed by atoms with Gasteiger partial charge < -0.3 is 11.1 Å². The summed E-state index contributed by atoms with van der Waals surface area (Å²) in [5, 5.41) is 6.65. The average molecular weight is 197 g/mol. The van der Waals surface area contributed by atoms with Crippen LogP contribution in [0.25, 0.3) is 0 Å². The Hall–Kier alpha value is -0.450. The quantitative estimate of drug-likeness (QED) is 0.754. The first-order chi connectivity index (χ1) is 6.40. The van der Waals surface area contributed by atoms with Crippen LogP contribution >= 0.6 is 11.3 Å². The predicted molar refractivity (Wildman–Crippen MR) is 54.6 cm³/mol. The van der Waals surface area contributed by atoms with Crippen LogP contribution in [0.1, 0.15) is 36.0 Å². The van der Waals surface area contributed by atoms with E-state index in [-0.39, 0.29) is 0 Å². The highest BCUT2D eigenvalue weighted by molar-refractivity contribution is 7.09. The van der Waals surface area contributed by atoms with E-state index in [1.54, 1.807) is 11.3 Å². The third-order valence-electron chi connectivity index (χ3n) is 2.41. The molecule has 0 spiro atoms. The van der Waals surface area contributed by atoms with Crippen molar-refractivity contribution in [3.05, 3.63) is 16.1 Å². The van der Waals surface area contributed by atoms with E-state index in [1.165, 1.54) is 25.0 Å². The highest BCUT2D eigenvalue weighted by atomic mass is 32.1. The number of nitrogens with zero attached hydrogens (tertiary/aromatic N) is 1. The fourth-order valence-corrected chi connectivity index (χ4v) is 2.41. The smallest absolute Gasteiger partial charge is 0.107 e. The number of nitrogens with two attached hydrogens (primary N) is 1. The van der Waals surface area contributed by atoms with Crippen LogP contribution in [-0.2, 0) is 6.54 Å². The van der Waals surface area contributed by atoms with Crippen LogP contribution < -0.4 is 11.1 Å². The van der Waals surface area contributed by atoms with Crippen molar-refractivity contribution in [3.8, 4) is 0 Å². The van der Waals surface area contributed by atoms with Crippen LogP contribution in [0.4, 0.5) is 0 Å². The fraction of sp³-hybridized carbons (Fsp3) is 0.667. The van der Waals surface area contributed by atoms with E-state index >= 15 is 0 Å². The van der Waals surface area contributed by atoms with Gasteiger partial charge >= 0.3 is 0 Å². The molecule has 2 rings (SSSR count). The summed E-state index contributed by atoms with van der Waals surface area (Å²) < 4.78 is 0. The Morgan fingerprint density at radius 3 is 3.15 bits per heavy atom. The fourth-order valence-electron chi connectivity index (χ4n) is 1.68. The topological polar surface area (TPSA) is 50.9 Å². The van der Waals surface area contributed by atoms with E-state index in [0.29, 0.717) is 12.6 Å². The monoisotopic (exact) mass is 197 g/mol. The van der Waals surface area contributed by atoms with Gasteiger partial charge in [0.15, 0.2) is 0 Å². The molecule has 3 N–H and O–H groups in total. The minimum atomic E-state index is 0.477. The SMILES string of the molecule is NCc1nc(C2CCCCN2)cs1. The zero-order chi connectivity index (χ0) is 9.10. The maximum atomic E-state index is 5.52. The van der Waals surface area contributed by atoms with Crippen LogP contribution in [0.5, 0.6) is 0 Å². The molecule has 1 aromatic rings. The second-order valence-corrected chi connectivity index (χ2v) is 4.32. The second-order valence-electron chi connectivity index (χ2n) is 3.37. The molecule has 3 nitrogen and oxygen atoms in total. The number of thiazole rings is 1. The summed E-state index contributed by atoms with van der Waals surface area (Å²) >= 11 is 1.67. The number of hydrogen-bond donors (Lipinski definition) is 2. The van der Waals surface area contributed by atoms with Gasteiger partial charge in [-0.15, -0.1) is 11.3 Å². The van der Waals surface area contributed by atoms with E-state index in [0.717, 1.165) is 11.6 Å². The summed E-state index contributed by atoms with van der Waals surface area (Å²) in [6.07, 6.45) is 3.82. The Morgan fingerprint density at radius 2 is 2.54 bits per heavy atom. The van der Waals surface area contributed by atoms with Crippen molar-refractivity contribution in [2.75, 3.05) is 6.54 Å². The minimum absolute atomic E-state index is 0.477. The van der Waals surface area contributed by atoms with Crippen molar-refractivity contribution in [1.82, 2.24) is 10.3 Å². The molecule has 13 heavy (non-hydrogen) atoms. The summed E-state index contributed by atoms with van der Waals surface area (Å²) in [6.45, 7) is 1.69. The van der Waals surface area contributed by atoms with Crippen LogP contribution in [0, 0.1) is 0 Å². The highest BCUT2D eigenvalue weighted by Gasteiger charge is 2.16. The molecule has 1 fully saturated rings. The van der Waals surface area contributed by atoms with Crippen molar-refractivity contribution in [2.45, 2.75) is 31.8 Å². The lowest BCUT2D eigenvalue weighted by Crippen LogP contribution is -2.27. The molecule has 0 saturated carbocycles. The van der Waals surface area contributed by atoms with Crippen LogP contribution in [0.3, 0.4) is 0 Å². The number of aromatic nitrogens is 1. The van der Waals surface area contributed by atoms with E-state index in [2.05, 4.69) is 15.7 Å². The molecule has 0 amide bonds. The minimum Gasteiger partial charge on any atom is -0.325 e. The Morgan fingerprint density at radius 1 is 1.62 bits per heavy atom. The normalized spacial score (nSPS) is 23.3. The molecular weight excluding hydrogens is 182 g/mol. The molecule has 1 unspecified atom stereocenters. The molecule has 1 aliphatic rings. The van der Waals surface area contributed by atoms with Gasteiger partial charge in [-0.05, 0) is 19.4 Å². The van der Waals surface area contributed by atoms with E-state index < -0.39 is 0 Å². The van der Waals surface area contributed by atoms with Gasteiger partial charge in [0.1, 0.15) is 5.01 Å². The van der Waals surface area contributed by atoms with Crippen LogP contribution in [0.2, 0.25) is 0 Å². The van der Waals surface area contributed by atoms with Crippen molar-refractivity contribution >= 4 is 11.3 Å². The summed E-state index contributed by atoms with van der Waals surface area (Å²) in [7, 11) is 0. The summed E-state index contributed by atoms with van der Waals surface area (Å²) in [4.78, 5) is 4.48. The molecule has 1 saturated heterocycles. The van der Waals surface area contributed by atoms with Crippen LogP contribution in [-0.4, -0.2) is 11.5 Å². The first-order valence-corrected chi connectivity index (χ1v) is 5.66. The van der Waals surface area contributed by atoms with Gasteiger partial charge in [0.2, 0.25) is 0 Å². The first kappa shape index (κ1) is 9.12. The van der Waals surface area contributed by atoms with Crippen molar-refractivity contribution in [1.29, 1.82) is 0 Å². The van der Waals surface area contributed by atoms with Crippen LogP contribution in [0.15, 0.2) is 5.38 Å². The van der Waals surface area contributed by atoms with E-state index in [9.17, 15) is 0 Å². The van der Waals surface area contributed by atoms with Gasteiger partial charge in [-0.1, -0.05) is 6.42 Å². The third kappa shape index (κ3) is 2.07. The first-order valence-electron chi connectivity index (χ1n) is 4.78. The molecule has 72 valence electrons. The lowest BCUT2D eigenvalue weighted by Gasteiger charge is -2.21. The summed E-state index contributed by atoms with van der Waals surface area (Å²) in [5.74, 6) is 0. The van der Waals surface area contributed by atoms with Gasteiger partial charge in [0.05, 0.1) is 11.7 Å². The molecule has 1 aromatic heterocycles. The molecular formula is C9H15N3S. The molecule has 0 aliphatic carbocycles. The molecule has 0 radical (unpaired) electrons. The molecule has 0 bridgehead atoms. The zero-order valence-electron chi connectivity index (χ0n) is 7.62. The Labute approximate surface area is 82.4 Å². The van der Waals surface area contributed by atoms with Gasteiger partial charge in [0.25, 0.3) is 0 Å². The Balaban J connectivity index is 2.05. The van der Waals surface area contributed by atoms with Gasteiger partial charge in [-0.2, -0.15) is 0 Å². The van der Waals surface area contributed by atoms with Gasteiger partial charge in [-0.25, -0.2) is 4.98 Å². The number of hydrogen-bond acceptors (Lipinski definition) is 4.